The van der Waals surface area contributed by atoms with Gasteiger partial charge in [0.1, 0.15) is 6.33 Å². The van der Waals surface area contributed by atoms with Crippen LogP contribution in [0.15, 0.2) is 48.8 Å². The molecule has 0 saturated carbocycles. The van der Waals surface area contributed by atoms with Crippen LogP contribution in [0, 0.1) is 17.0 Å². The zero-order valence-electron chi connectivity index (χ0n) is 16.2. The van der Waals surface area contributed by atoms with E-state index in [0.29, 0.717) is 24.0 Å². The quantitative estimate of drug-likeness (QED) is 0.382. The number of anilines is 3. The van der Waals surface area contributed by atoms with Crippen molar-refractivity contribution in [3.8, 4) is 0 Å². The van der Waals surface area contributed by atoms with Crippen LogP contribution in [0.5, 0.6) is 0 Å². The van der Waals surface area contributed by atoms with Gasteiger partial charge in [0.2, 0.25) is 11.6 Å². The molecular weight excluding hydrogens is 400 g/mol. The predicted octanol–water partition coefficient (Wildman–Crippen LogP) is 4.61. The summed E-state index contributed by atoms with van der Waals surface area (Å²) in [5.41, 5.74) is 4.24. The second-order valence-corrected chi connectivity index (χ2v) is 8.19. The number of benzene rings is 2. The maximum absolute atomic E-state index is 12.0. The number of nitrogens with zero attached hydrogens (tertiary/aromatic N) is 5. The molecule has 9 heteroatoms. The van der Waals surface area contributed by atoms with Gasteiger partial charge in [-0.25, -0.2) is 15.0 Å². The molecule has 2 aromatic carbocycles. The van der Waals surface area contributed by atoms with Gasteiger partial charge < -0.3 is 10.2 Å². The summed E-state index contributed by atoms with van der Waals surface area (Å²) in [6, 6.07) is 14.1. The number of fused-ring (bicyclic) bond motifs is 2. The van der Waals surface area contributed by atoms with Crippen molar-refractivity contribution in [3.63, 3.8) is 0 Å². The van der Waals surface area contributed by atoms with E-state index < -0.39 is 4.92 Å². The van der Waals surface area contributed by atoms with E-state index in [1.54, 1.807) is 0 Å². The normalized spacial score (nSPS) is 13.3. The number of aromatic nitrogens is 3. The zero-order chi connectivity index (χ0) is 20.7. The molecule has 1 N–H and O–H groups in total. The van der Waals surface area contributed by atoms with Gasteiger partial charge in [0.25, 0.3) is 0 Å². The molecular formula is C21H18N6O2S. The Bertz CT molecular complexity index is 1270. The molecule has 2 aromatic heterocycles. The second kappa shape index (κ2) is 7.34. The van der Waals surface area contributed by atoms with E-state index in [-0.39, 0.29) is 11.5 Å². The molecule has 4 aromatic rings. The molecule has 1 aliphatic heterocycles. The number of thiazole rings is 1. The first-order valence-electron chi connectivity index (χ1n) is 9.54. The summed E-state index contributed by atoms with van der Waals surface area (Å²) in [5, 5.41) is 15.6. The standard InChI is InChI=1S/C21H18N6O2S/c1-13-5-4-8-16-17(13)24-21(30-16)25-19-18(27(28)29)20(23-12-22-19)26-10-9-14-6-2-3-7-15(14)11-26/h2-8,12H,9-11H2,1H3,(H,22,23,24,25). The van der Waals surface area contributed by atoms with Crippen molar-refractivity contribution >= 4 is 44.0 Å². The summed E-state index contributed by atoms with van der Waals surface area (Å²) in [5.74, 6) is 0.477. The number of hydrogen-bond donors (Lipinski definition) is 1. The van der Waals surface area contributed by atoms with Crippen LogP contribution in [0.2, 0.25) is 0 Å². The molecule has 0 atom stereocenters. The Morgan fingerprint density at radius 3 is 2.77 bits per heavy atom. The van der Waals surface area contributed by atoms with Gasteiger partial charge in [0.05, 0.1) is 15.1 Å². The van der Waals surface area contributed by atoms with Crippen LogP contribution < -0.4 is 10.2 Å². The third-order valence-electron chi connectivity index (χ3n) is 5.26. The minimum absolute atomic E-state index is 0.132. The van der Waals surface area contributed by atoms with Gasteiger partial charge in [0, 0.05) is 13.1 Å². The average molecular weight is 418 g/mol. The lowest BCUT2D eigenvalue weighted by Gasteiger charge is -2.29. The fourth-order valence-corrected chi connectivity index (χ4v) is 4.72. The Balaban J connectivity index is 1.52. The van der Waals surface area contributed by atoms with Crippen molar-refractivity contribution in [3.05, 3.63) is 75.6 Å². The van der Waals surface area contributed by atoms with Gasteiger partial charge in [-0.3, -0.25) is 10.1 Å². The molecule has 3 heterocycles. The maximum atomic E-state index is 12.0. The predicted molar refractivity (Wildman–Crippen MR) is 118 cm³/mol. The van der Waals surface area contributed by atoms with Gasteiger partial charge in [0.15, 0.2) is 5.13 Å². The van der Waals surface area contributed by atoms with E-state index in [1.165, 1.54) is 23.2 Å². The summed E-state index contributed by atoms with van der Waals surface area (Å²) < 4.78 is 1.02. The van der Waals surface area contributed by atoms with Gasteiger partial charge in [-0.05, 0) is 36.1 Å². The molecule has 0 amide bonds. The highest BCUT2D eigenvalue weighted by Gasteiger charge is 2.29. The summed E-state index contributed by atoms with van der Waals surface area (Å²) in [6.45, 7) is 3.23. The average Bonchev–Trinajstić information content (AvgIpc) is 3.17. The third kappa shape index (κ3) is 3.22. The van der Waals surface area contributed by atoms with E-state index in [2.05, 4.69) is 32.4 Å². The Kier molecular flexibility index (Phi) is 4.51. The van der Waals surface area contributed by atoms with Crippen molar-refractivity contribution < 1.29 is 4.92 Å². The third-order valence-corrected chi connectivity index (χ3v) is 6.20. The Morgan fingerprint density at radius 1 is 1.13 bits per heavy atom. The summed E-state index contributed by atoms with van der Waals surface area (Å²) in [4.78, 5) is 26.5. The van der Waals surface area contributed by atoms with Gasteiger partial charge in [-0.15, -0.1) is 0 Å². The number of hydrogen-bond acceptors (Lipinski definition) is 8. The van der Waals surface area contributed by atoms with Gasteiger partial charge >= 0.3 is 5.69 Å². The van der Waals surface area contributed by atoms with E-state index in [0.717, 1.165) is 27.8 Å². The van der Waals surface area contributed by atoms with Crippen LogP contribution in [0.25, 0.3) is 10.2 Å². The van der Waals surface area contributed by atoms with Crippen LogP contribution in [-0.4, -0.2) is 26.4 Å². The minimum atomic E-state index is -0.420. The van der Waals surface area contributed by atoms with Crippen molar-refractivity contribution in [2.75, 3.05) is 16.8 Å². The second-order valence-electron chi connectivity index (χ2n) is 7.16. The van der Waals surface area contributed by atoms with Crippen LogP contribution >= 0.6 is 11.3 Å². The molecule has 0 radical (unpaired) electrons. The van der Waals surface area contributed by atoms with Crippen molar-refractivity contribution in [1.82, 2.24) is 15.0 Å². The van der Waals surface area contributed by atoms with E-state index in [1.807, 2.05) is 42.2 Å². The number of rotatable bonds is 4. The fraction of sp³-hybridized carbons (Fsp3) is 0.190. The van der Waals surface area contributed by atoms with Gasteiger partial charge in [-0.1, -0.05) is 47.7 Å². The van der Waals surface area contributed by atoms with E-state index in [4.69, 9.17) is 0 Å². The molecule has 150 valence electrons. The summed E-state index contributed by atoms with van der Waals surface area (Å²) >= 11 is 1.44. The first kappa shape index (κ1) is 18.4. The van der Waals surface area contributed by atoms with Crippen LogP contribution in [0.1, 0.15) is 16.7 Å². The lowest BCUT2D eigenvalue weighted by molar-refractivity contribution is -0.383. The van der Waals surface area contributed by atoms with Crippen molar-refractivity contribution in [2.24, 2.45) is 0 Å². The molecule has 0 saturated heterocycles. The van der Waals surface area contributed by atoms with Crippen LogP contribution in [0.4, 0.5) is 22.5 Å². The highest BCUT2D eigenvalue weighted by Crippen LogP contribution is 2.37. The zero-order valence-corrected chi connectivity index (χ0v) is 17.0. The number of para-hydroxylation sites is 1. The highest BCUT2D eigenvalue weighted by atomic mass is 32.1. The molecule has 1 aliphatic rings. The summed E-state index contributed by atoms with van der Waals surface area (Å²) in [7, 11) is 0. The summed E-state index contributed by atoms with van der Waals surface area (Å²) in [6.07, 6.45) is 2.18. The minimum Gasteiger partial charge on any atom is -0.346 e. The maximum Gasteiger partial charge on any atom is 0.353 e. The fourth-order valence-electron chi connectivity index (χ4n) is 3.78. The largest absolute Gasteiger partial charge is 0.353 e. The molecule has 0 unspecified atom stereocenters. The van der Waals surface area contributed by atoms with E-state index >= 15 is 0 Å². The molecule has 8 nitrogen and oxygen atoms in total. The van der Waals surface area contributed by atoms with Crippen molar-refractivity contribution in [2.45, 2.75) is 19.9 Å². The SMILES string of the molecule is Cc1cccc2sc(Nc3ncnc(N4CCc5ccccc5C4)c3[N+](=O)[O-])nc12. The van der Waals surface area contributed by atoms with Crippen LogP contribution in [-0.2, 0) is 13.0 Å². The van der Waals surface area contributed by atoms with Gasteiger partial charge in [-0.2, -0.15) is 0 Å². The molecule has 0 bridgehead atoms. The number of nitro groups is 1. The molecule has 30 heavy (non-hydrogen) atoms. The first-order valence-corrected chi connectivity index (χ1v) is 10.4. The topological polar surface area (TPSA) is 97.1 Å². The molecule has 0 spiro atoms. The number of aryl methyl sites for hydroxylation is 1. The first-order chi connectivity index (χ1) is 14.6. The Morgan fingerprint density at radius 2 is 1.97 bits per heavy atom. The molecule has 5 rings (SSSR count). The molecule has 0 fully saturated rings. The van der Waals surface area contributed by atoms with E-state index in [9.17, 15) is 10.1 Å². The highest BCUT2D eigenvalue weighted by molar-refractivity contribution is 7.22. The molecule has 0 aliphatic carbocycles. The monoisotopic (exact) mass is 418 g/mol. The van der Waals surface area contributed by atoms with Crippen LogP contribution in [0.3, 0.4) is 0 Å². The van der Waals surface area contributed by atoms with Crippen molar-refractivity contribution in [1.29, 1.82) is 0 Å². The number of nitrogens with one attached hydrogen (secondary N) is 1. The Labute approximate surface area is 176 Å². The Hall–Kier alpha value is -3.59. The smallest absolute Gasteiger partial charge is 0.346 e. The lowest BCUT2D eigenvalue weighted by atomic mass is 10.00. The lowest BCUT2D eigenvalue weighted by Crippen LogP contribution is -2.31.